The molecular weight excluding hydrogens is 474 g/mol. The number of amides is 1. The Bertz CT molecular complexity index is 1210. The number of benzene rings is 3. The Morgan fingerprint density at radius 2 is 1.83 bits per heavy atom. The molecule has 0 bridgehead atoms. The standard InChI is InChI=1S/C21H13BrClN3O2S/c22-14-6-2-1-5-13(14)19(27)26-21(29)25-17-11-12(9-10-15(17)23)20-24-16-7-3-4-8-18(16)28-20/h1-11H,(H2,25,26,27,29). The second-order valence-corrected chi connectivity index (χ2v) is 7.74. The third-order valence-corrected chi connectivity index (χ3v) is 5.33. The van der Waals surface area contributed by atoms with Crippen LogP contribution in [-0.4, -0.2) is 16.0 Å². The van der Waals surface area contributed by atoms with E-state index in [0.29, 0.717) is 32.2 Å². The molecule has 1 amide bonds. The van der Waals surface area contributed by atoms with E-state index in [2.05, 4.69) is 31.5 Å². The molecule has 144 valence electrons. The topological polar surface area (TPSA) is 67.2 Å². The van der Waals surface area contributed by atoms with E-state index in [4.69, 9.17) is 28.2 Å². The Morgan fingerprint density at radius 1 is 1.07 bits per heavy atom. The highest BCUT2D eigenvalue weighted by atomic mass is 79.9. The van der Waals surface area contributed by atoms with E-state index >= 15 is 0 Å². The fourth-order valence-corrected chi connectivity index (χ4v) is 3.55. The molecule has 4 rings (SSSR count). The Balaban J connectivity index is 1.54. The second kappa shape index (κ2) is 8.32. The van der Waals surface area contributed by atoms with E-state index in [-0.39, 0.29) is 11.0 Å². The fraction of sp³-hybridized carbons (Fsp3) is 0. The summed E-state index contributed by atoms with van der Waals surface area (Å²) in [5, 5.41) is 6.18. The minimum absolute atomic E-state index is 0.127. The molecule has 0 fully saturated rings. The normalized spacial score (nSPS) is 10.7. The molecule has 2 N–H and O–H groups in total. The lowest BCUT2D eigenvalue weighted by Gasteiger charge is -2.12. The van der Waals surface area contributed by atoms with Crippen LogP contribution in [0.15, 0.2) is 75.6 Å². The van der Waals surface area contributed by atoms with Crippen LogP contribution in [0.5, 0.6) is 0 Å². The maximum absolute atomic E-state index is 12.4. The molecule has 0 atom stereocenters. The number of oxazole rings is 1. The molecule has 0 radical (unpaired) electrons. The monoisotopic (exact) mass is 485 g/mol. The van der Waals surface area contributed by atoms with Crippen LogP contribution in [0.3, 0.4) is 0 Å². The molecule has 0 aliphatic carbocycles. The van der Waals surface area contributed by atoms with Crippen LogP contribution in [0, 0.1) is 0 Å². The average Bonchev–Trinajstić information content (AvgIpc) is 3.14. The molecule has 8 heteroatoms. The number of fused-ring (bicyclic) bond motifs is 1. The van der Waals surface area contributed by atoms with Crippen molar-refractivity contribution >= 4 is 67.6 Å². The van der Waals surface area contributed by atoms with E-state index in [0.717, 1.165) is 11.1 Å². The maximum atomic E-state index is 12.4. The number of halogens is 2. The van der Waals surface area contributed by atoms with Crippen molar-refractivity contribution in [1.82, 2.24) is 10.3 Å². The largest absolute Gasteiger partial charge is 0.436 e. The molecule has 5 nitrogen and oxygen atoms in total. The number of para-hydroxylation sites is 2. The van der Waals surface area contributed by atoms with Crippen LogP contribution in [0.1, 0.15) is 10.4 Å². The number of anilines is 1. The van der Waals surface area contributed by atoms with E-state index < -0.39 is 0 Å². The van der Waals surface area contributed by atoms with Gasteiger partial charge in [0.05, 0.1) is 16.3 Å². The molecular formula is C21H13BrClN3O2S. The summed E-state index contributed by atoms with van der Waals surface area (Å²) in [5.74, 6) is 0.135. The van der Waals surface area contributed by atoms with Crippen molar-refractivity contribution in [2.45, 2.75) is 0 Å². The van der Waals surface area contributed by atoms with Crippen LogP contribution in [-0.2, 0) is 0 Å². The molecule has 0 spiro atoms. The van der Waals surface area contributed by atoms with E-state index in [9.17, 15) is 4.79 Å². The minimum Gasteiger partial charge on any atom is -0.436 e. The highest BCUT2D eigenvalue weighted by Crippen LogP contribution is 2.30. The van der Waals surface area contributed by atoms with Crippen molar-refractivity contribution in [3.8, 4) is 11.5 Å². The summed E-state index contributed by atoms with van der Waals surface area (Å²) in [5.41, 5.74) is 3.20. The van der Waals surface area contributed by atoms with Crippen molar-refractivity contribution in [2.75, 3.05) is 5.32 Å². The van der Waals surface area contributed by atoms with Gasteiger partial charge in [0.2, 0.25) is 5.89 Å². The lowest BCUT2D eigenvalue weighted by molar-refractivity contribution is 0.0977. The Labute approximate surface area is 185 Å². The molecule has 4 aromatic rings. The van der Waals surface area contributed by atoms with Gasteiger partial charge in [0.15, 0.2) is 10.7 Å². The van der Waals surface area contributed by atoms with Gasteiger partial charge in [-0.1, -0.05) is 35.9 Å². The zero-order valence-corrected chi connectivity index (χ0v) is 17.9. The molecule has 1 heterocycles. The first-order valence-corrected chi connectivity index (χ1v) is 10.1. The number of thiocarbonyl (C=S) groups is 1. The van der Waals surface area contributed by atoms with Crippen molar-refractivity contribution in [1.29, 1.82) is 0 Å². The summed E-state index contributed by atoms with van der Waals surface area (Å²) < 4.78 is 6.48. The number of carbonyl (C=O) groups is 1. The summed E-state index contributed by atoms with van der Waals surface area (Å²) in [7, 11) is 0. The maximum Gasteiger partial charge on any atom is 0.258 e. The first-order valence-electron chi connectivity index (χ1n) is 8.53. The molecule has 0 aliphatic heterocycles. The molecule has 29 heavy (non-hydrogen) atoms. The van der Waals surface area contributed by atoms with Gasteiger partial charge in [-0.25, -0.2) is 4.98 Å². The van der Waals surface area contributed by atoms with E-state index in [1.807, 2.05) is 30.3 Å². The highest BCUT2D eigenvalue weighted by Gasteiger charge is 2.14. The number of nitrogens with zero attached hydrogens (tertiary/aromatic N) is 1. The predicted molar refractivity (Wildman–Crippen MR) is 122 cm³/mol. The minimum atomic E-state index is -0.332. The van der Waals surface area contributed by atoms with Crippen LogP contribution >= 0.6 is 39.7 Å². The molecule has 0 saturated carbocycles. The van der Waals surface area contributed by atoms with Crippen molar-refractivity contribution in [3.05, 3.63) is 81.8 Å². The molecule has 0 saturated heterocycles. The molecule has 0 aliphatic rings. The number of aromatic nitrogens is 1. The molecule has 0 unspecified atom stereocenters. The zero-order valence-electron chi connectivity index (χ0n) is 14.8. The van der Waals surface area contributed by atoms with Gasteiger partial charge in [0.1, 0.15) is 5.52 Å². The van der Waals surface area contributed by atoms with Crippen molar-refractivity contribution in [2.24, 2.45) is 0 Å². The summed E-state index contributed by atoms with van der Waals surface area (Å²) in [6, 6.07) is 19.9. The third kappa shape index (κ3) is 4.32. The average molecular weight is 487 g/mol. The van der Waals surface area contributed by atoms with Gasteiger partial charge in [0.25, 0.3) is 5.91 Å². The summed E-state index contributed by atoms with van der Waals surface area (Å²) in [6.07, 6.45) is 0. The van der Waals surface area contributed by atoms with Gasteiger partial charge in [-0.15, -0.1) is 0 Å². The molecule has 1 aromatic heterocycles. The summed E-state index contributed by atoms with van der Waals surface area (Å²) in [4.78, 5) is 16.9. The summed E-state index contributed by atoms with van der Waals surface area (Å²) in [6.45, 7) is 0. The van der Waals surface area contributed by atoms with Gasteiger partial charge >= 0.3 is 0 Å². The molecule has 3 aromatic carbocycles. The van der Waals surface area contributed by atoms with Gasteiger partial charge in [-0.05, 0) is 70.6 Å². The van der Waals surface area contributed by atoms with Gasteiger partial charge < -0.3 is 9.73 Å². The van der Waals surface area contributed by atoms with Crippen LogP contribution in [0.25, 0.3) is 22.6 Å². The van der Waals surface area contributed by atoms with Crippen LogP contribution in [0.2, 0.25) is 5.02 Å². The fourth-order valence-electron chi connectivity index (χ4n) is 2.72. The lowest BCUT2D eigenvalue weighted by atomic mass is 10.2. The lowest BCUT2D eigenvalue weighted by Crippen LogP contribution is -2.34. The van der Waals surface area contributed by atoms with Crippen LogP contribution < -0.4 is 10.6 Å². The van der Waals surface area contributed by atoms with Gasteiger partial charge in [-0.2, -0.15) is 0 Å². The second-order valence-electron chi connectivity index (χ2n) is 6.07. The smallest absolute Gasteiger partial charge is 0.258 e. The summed E-state index contributed by atoms with van der Waals surface area (Å²) >= 11 is 14.9. The quantitative estimate of drug-likeness (QED) is 0.346. The Hall–Kier alpha value is -2.74. The first-order chi connectivity index (χ1) is 14.0. The third-order valence-electron chi connectivity index (χ3n) is 4.10. The zero-order chi connectivity index (χ0) is 20.4. The van der Waals surface area contributed by atoms with Crippen molar-refractivity contribution < 1.29 is 9.21 Å². The van der Waals surface area contributed by atoms with Gasteiger partial charge in [-0.3, -0.25) is 10.1 Å². The number of rotatable bonds is 3. The van der Waals surface area contributed by atoms with Crippen molar-refractivity contribution in [3.63, 3.8) is 0 Å². The Morgan fingerprint density at radius 3 is 2.62 bits per heavy atom. The van der Waals surface area contributed by atoms with E-state index in [1.165, 1.54) is 0 Å². The number of carbonyl (C=O) groups excluding carboxylic acids is 1. The van der Waals surface area contributed by atoms with Gasteiger partial charge in [0, 0.05) is 10.0 Å². The number of nitrogens with one attached hydrogen (secondary N) is 2. The van der Waals surface area contributed by atoms with Crippen LogP contribution in [0.4, 0.5) is 5.69 Å². The number of hydrogen-bond donors (Lipinski definition) is 2. The number of hydrogen-bond acceptors (Lipinski definition) is 4. The highest BCUT2D eigenvalue weighted by molar-refractivity contribution is 9.10. The Kier molecular flexibility index (Phi) is 5.62. The first kappa shape index (κ1) is 19.6. The predicted octanol–water partition coefficient (Wildman–Crippen LogP) is 6.04. The van der Waals surface area contributed by atoms with E-state index in [1.54, 1.807) is 36.4 Å². The SMILES string of the molecule is O=C(NC(=S)Nc1cc(-c2nc3ccccc3o2)ccc1Cl)c1ccccc1Br.